The minimum absolute atomic E-state index is 0.0802. The van der Waals surface area contributed by atoms with Gasteiger partial charge < -0.3 is 16.3 Å². The summed E-state index contributed by atoms with van der Waals surface area (Å²) in [5.41, 5.74) is 15.1. The molecule has 0 spiro atoms. The molecule has 0 bridgehead atoms. The Balaban J connectivity index is 1.72. The van der Waals surface area contributed by atoms with Crippen molar-refractivity contribution < 1.29 is 9.63 Å². The van der Waals surface area contributed by atoms with Crippen molar-refractivity contribution in [1.29, 1.82) is 0 Å². The number of amidine groups is 1. The van der Waals surface area contributed by atoms with Gasteiger partial charge in [0.1, 0.15) is 12.1 Å². The second kappa shape index (κ2) is 6.37. The highest BCUT2D eigenvalue weighted by Gasteiger charge is 2.11. The Morgan fingerprint density at radius 2 is 2.04 bits per heavy atom. The minimum atomic E-state index is -0.602. The third-order valence-electron chi connectivity index (χ3n) is 3.60. The van der Waals surface area contributed by atoms with Gasteiger partial charge in [0, 0.05) is 11.3 Å². The number of aromatic nitrogens is 3. The van der Waals surface area contributed by atoms with E-state index in [2.05, 4.69) is 15.5 Å². The number of carbonyl (C=O) groups is 1. The van der Waals surface area contributed by atoms with Gasteiger partial charge >= 0.3 is 5.97 Å². The van der Waals surface area contributed by atoms with Crippen molar-refractivity contribution >= 4 is 28.5 Å². The van der Waals surface area contributed by atoms with E-state index < -0.39 is 5.97 Å². The van der Waals surface area contributed by atoms with Gasteiger partial charge in [-0.3, -0.25) is 0 Å². The van der Waals surface area contributed by atoms with Crippen molar-refractivity contribution in [3.63, 3.8) is 0 Å². The average molecular weight is 324 g/mol. The first-order valence-electron chi connectivity index (χ1n) is 7.23. The molecule has 4 N–H and O–H groups in total. The molecule has 24 heavy (non-hydrogen) atoms. The first-order valence-corrected chi connectivity index (χ1v) is 7.23. The lowest BCUT2D eigenvalue weighted by Crippen LogP contribution is -2.19. The molecule has 122 valence electrons. The summed E-state index contributed by atoms with van der Waals surface area (Å²) >= 11 is 0. The van der Waals surface area contributed by atoms with Crippen molar-refractivity contribution in [3.05, 3.63) is 53.6 Å². The van der Waals surface area contributed by atoms with Gasteiger partial charge in [0.2, 0.25) is 0 Å². The van der Waals surface area contributed by atoms with E-state index in [1.807, 2.05) is 31.2 Å². The molecular weight excluding hydrogens is 308 g/mol. The van der Waals surface area contributed by atoms with Crippen LogP contribution in [0.1, 0.15) is 11.1 Å². The van der Waals surface area contributed by atoms with Gasteiger partial charge in [0.25, 0.3) is 0 Å². The second-order valence-electron chi connectivity index (χ2n) is 5.20. The predicted octanol–water partition coefficient (Wildman–Crippen LogP) is 1.19. The zero-order chi connectivity index (χ0) is 17.1. The highest BCUT2D eigenvalue weighted by Crippen LogP contribution is 2.15. The molecule has 0 saturated heterocycles. The van der Waals surface area contributed by atoms with Crippen molar-refractivity contribution in [3.8, 4) is 0 Å². The number of hydrogen-bond donors (Lipinski definition) is 2. The van der Waals surface area contributed by atoms with Crippen molar-refractivity contribution in [2.75, 3.05) is 5.73 Å². The Hall–Kier alpha value is -3.42. The highest BCUT2D eigenvalue weighted by atomic mass is 16.7. The zero-order valence-corrected chi connectivity index (χ0v) is 13.0. The van der Waals surface area contributed by atoms with Crippen LogP contribution in [0.25, 0.3) is 11.0 Å². The Kier molecular flexibility index (Phi) is 4.11. The van der Waals surface area contributed by atoms with Crippen LogP contribution in [0.2, 0.25) is 0 Å². The molecule has 0 aliphatic carbocycles. The van der Waals surface area contributed by atoms with Crippen LogP contribution in [0.15, 0.2) is 47.6 Å². The Labute approximate surface area is 137 Å². The number of para-hydroxylation sites is 1. The summed E-state index contributed by atoms with van der Waals surface area (Å²) in [5, 5.41) is 11.6. The monoisotopic (exact) mass is 324 g/mol. The zero-order valence-electron chi connectivity index (χ0n) is 13.0. The lowest BCUT2D eigenvalue weighted by Gasteiger charge is -2.07. The third-order valence-corrected chi connectivity index (χ3v) is 3.60. The van der Waals surface area contributed by atoms with Gasteiger partial charge in [0.15, 0.2) is 5.84 Å². The molecule has 0 radical (unpaired) electrons. The molecule has 8 heteroatoms. The van der Waals surface area contributed by atoms with Crippen molar-refractivity contribution in [1.82, 2.24) is 15.0 Å². The van der Waals surface area contributed by atoms with Crippen molar-refractivity contribution in [2.24, 2.45) is 10.9 Å². The van der Waals surface area contributed by atoms with Crippen LogP contribution in [-0.2, 0) is 16.2 Å². The highest BCUT2D eigenvalue weighted by molar-refractivity contribution is 5.99. The largest absolute Gasteiger partial charge is 0.398 e. The van der Waals surface area contributed by atoms with Crippen molar-refractivity contribution in [2.45, 2.75) is 13.5 Å². The normalized spacial score (nSPS) is 11.6. The number of benzene rings is 2. The molecule has 0 amide bonds. The van der Waals surface area contributed by atoms with Gasteiger partial charge in [0.05, 0.1) is 5.52 Å². The number of oxime groups is 1. The smallest absolute Gasteiger partial charge is 0.356 e. The molecule has 8 nitrogen and oxygen atoms in total. The first kappa shape index (κ1) is 15.5. The number of anilines is 1. The lowest BCUT2D eigenvalue weighted by molar-refractivity contribution is -0.144. The molecule has 3 aromatic rings. The number of nitrogens with zero attached hydrogens (tertiary/aromatic N) is 4. The van der Waals surface area contributed by atoms with E-state index in [4.69, 9.17) is 16.3 Å². The molecule has 0 fully saturated rings. The molecule has 0 unspecified atom stereocenters. The van der Waals surface area contributed by atoms with Gasteiger partial charge in [-0.25, -0.2) is 9.48 Å². The molecule has 1 heterocycles. The van der Waals surface area contributed by atoms with E-state index in [1.54, 1.807) is 18.2 Å². The summed E-state index contributed by atoms with van der Waals surface area (Å²) in [6, 6.07) is 12.6. The van der Waals surface area contributed by atoms with Crippen LogP contribution in [0.3, 0.4) is 0 Å². The quantitative estimate of drug-likeness (QED) is 0.244. The fourth-order valence-corrected chi connectivity index (χ4v) is 2.27. The van der Waals surface area contributed by atoms with Crippen LogP contribution in [0.5, 0.6) is 0 Å². The number of nitrogen functional groups attached to an aromatic ring is 1. The molecule has 0 aliphatic heterocycles. The number of rotatable bonds is 4. The minimum Gasteiger partial charge on any atom is -0.398 e. The van der Waals surface area contributed by atoms with E-state index in [0.717, 1.165) is 11.1 Å². The number of nitrogens with two attached hydrogens (primary N) is 2. The van der Waals surface area contributed by atoms with Gasteiger partial charge in [-0.2, -0.15) is 0 Å². The number of carbonyl (C=O) groups excluding carboxylic acids is 1. The fraction of sp³-hybridized carbons (Fsp3) is 0.125. The van der Waals surface area contributed by atoms with Crippen LogP contribution in [-0.4, -0.2) is 26.8 Å². The first-order chi connectivity index (χ1) is 11.6. The van der Waals surface area contributed by atoms with Crippen LogP contribution in [0.4, 0.5) is 5.69 Å². The molecule has 0 saturated carbocycles. The van der Waals surface area contributed by atoms with Crippen LogP contribution < -0.4 is 11.5 Å². The molecule has 1 aromatic heterocycles. The summed E-state index contributed by atoms with van der Waals surface area (Å²) in [7, 11) is 0. The van der Waals surface area contributed by atoms with E-state index >= 15 is 0 Å². The van der Waals surface area contributed by atoms with E-state index in [1.165, 1.54) is 4.68 Å². The standard InChI is InChI=1S/C16H16N6O2/c1-10-11(5-4-6-12(10)17)16(18)20-24-15(23)9-22-14-8-3-2-7-13(14)19-21-22/h2-8H,9,17H2,1H3,(H2,18,20). The maximum absolute atomic E-state index is 11.9. The molecular formula is C16H16N6O2. The SMILES string of the molecule is Cc1c(N)cccc1/C(N)=N/OC(=O)Cn1nnc2ccccc21. The van der Waals surface area contributed by atoms with E-state index in [0.29, 0.717) is 16.8 Å². The Morgan fingerprint density at radius 1 is 1.25 bits per heavy atom. The van der Waals surface area contributed by atoms with Gasteiger partial charge in [-0.1, -0.05) is 34.6 Å². The molecule has 3 rings (SSSR count). The van der Waals surface area contributed by atoms with Gasteiger partial charge in [-0.05, 0) is 30.7 Å². The topological polar surface area (TPSA) is 121 Å². The second-order valence-corrected chi connectivity index (χ2v) is 5.20. The maximum Gasteiger partial charge on any atom is 0.356 e. The van der Waals surface area contributed by atoms with Crippen LogP contribution >= 0.6 is 0 Å². The Bertz CT molecular complexity index is 931. The van der Waals surface area contributed by atoms with E-state index in [9.17, 15) is 4.79 Å². The number of fused-ring (bicyclic) bond motifs is 1. The number of hydrogen-bond acceptors (Lipinski definition) is 6. The summed E-state index contributed by atoms with van der Waals surface area (Å²) in [6.45, 7) is 1.70. The fourth-order valence-electron chi connectivity index (χ4n) is 2.27. The van der Waals surface area contributed by atoms with Crippen LogP contribution in [0, 0.1) is 6.92 Å². The third kappa shape index (κ3) is 3.02. The predicted molar refractivity (Wildman–Crippen MR) is 89.9 cm³/mol. The molecule has 0 atom stereocenters. The summed E-state index contributed by atoms with van der Waals surface area (Å²) in [6.07, 6.45) is 0. The maximum atomic E-state index is 11.9. The summed E-state index contributed by atoms with van der Waals surface area (Å²) < 4.78 is 1.44. The summed E-state index contributed by atoms with van der Waals surface area (Å²) in [5.74, 6) is -0.522. The average Bonchev–Trinajstić information content (AvgIpc) is 2.98. The molecule has 0 aliphatic rings. The lowest BCUT2D eigenvalue weighted by atomic mass is 10.1. The summed E-state index contributed by atoms with van der Waals surface area (Å²) in [4.78, 5) is 16.8. The van der Waals surface area contributed by atoms with E-state index in [-0.39, 0.29) is 12.4 Å². The Morgan fingerprint density at radius 3 is 2.88 bits per heavy atom. The molecule has 2 aromatic carbocycles. The van der Waals surface area contributed by atoms with Gasteiger partial charge in [-0.15, -0.1) is 5.10 Å².